The molecule has 196 valence electrons. The zero-order chi connectivity index (χ0) is 25.4. The molecule has 0 aromatic heterocycles. The zero-order valence-electron chi connectivity index (χ0n) is 21.1. The topological polar surface area (TPSA) is 108 Å². The van der Waals surface area contributed by atoms with Crippen molar-refractivity contribution in [3.8, 4) is 5.75 Å². The SMILES string of the molecule is O=C1CCC(N2C(=O)c3cc4c(cc3C2=O)OC2(CC4)CCN(C3CCC4(CC3)CNC4)CC2)C(=O)N1. The number of likely N-dealkylation sites (tertiary alicyclic amines) is 1. The number of hydrogen-bond acceptors (Lipinski definition) is 7. The molecule has 9 heteroatoms. The van der Waals surface area contributed by atoms with E-state index in [2.05, 4.69) is 15.5 Å². The van der Waals surface area contributed by atoms with Crippen LogP contribution in [0.1, 0.15) is 84.1 Å². The molecule has 1 saturated carbocycles. The molecule has 1 aromatic carbocycles. The van der Waals surface area contributed by atoms with Crippen LogP contribution in [0.2, 0.25) is 0 Å². The highest BCUT2D eigenvalue weighted by Gasteiger charge is 2.48. The molecule has 9 nitrogen and oxygen atoms in total. The average Bonchev–Trinajstić information content (AvgIpc) is 3.11. The standard InChI is InChI=1S/C28H34N4O5/c33-23-2-1-21(24(34)30-23)32-25(35)19-13-17-3-8-28(37-22(17)14-20(19)26(32)36)9-11-31(12-10-28)18-4-6-27(7-5-18)15-29-16-27/h13-14,18,21,29H,1-12,15-16H2,(H,30,33,34). The van der Waals surface area contributed by atoms with Crippen LogP contribution < -0.4 is 15.4 Å². The third-order valence-corrected chi connectivity index (χ3v) is 10.0. The van der Waals surface area contributed by atoms with Crippen molar-refractivity contribution in [3.63, 3.8) is 0 Å². The lowest BCUT2D eigenvalue weighted by molar-refractivity contribution is -0.136. The first-order valence-corrected chi connectivity index (χ1v) is 13.9. The summed E-state index contributed by atoms with van der Waals surface area (Å²) in [6.45, 7) is 4.46. The maximum absolute atomic E-state index is 13.3. The van der Waals surface area contributed by atoms with Gasteiger partial charge in [0, 0.05) is 38.6 Å². The normalized spacial score (nSPS) is 29.1. The van der Waals surface area contributed by atoms with Gasteiger partial charge in [-0.3, -0.25) is 29.4 Å². The molecule has 2 N–H and O–H groups in total. The number of nitrogens with one attached hydrogen (secondary N) is 2. The van der Waals surface area contributed by atoms with Crippen molar-refractivity contribution in [2.45, 2.75) is 81.9 Å². The highest BCUT2D eigenvalue weighted by Crippen LogP contribution is 2.45. The minimum absolute atomic E-state index is 0.113. The Morgan fingerprint density at radius 3 is 2.19 bits per heavy atom. The average molecular weight is 507 g/mol. The molecule has 1 aromatic rings. The van der Waals surface area contributed by atoms with E-state index in [0.29, 0.717) is 28.3 Å². The molecular weight excluding hydrogens is 472 g/mol. The monoisotopic (exact) mass is 506 g/mol. The van der Waals surface area contributed by atoms with E-state index >= 15 is 0 Å². The van der Waals surface area contributed by atoms with Gasteiger partial charge in [0.15, 0.2) is 0 Å². The Bertz CT molecular complexity index is 1190. The molecule has 1 unspecified atom stereocenters. The number of imide groups is 2. The molecule has 37 heavy (non-hydrogen) atoms. The lowest BCUT2D eigenvalue weighted by Gasteiger charge is -2.51. The summed E-state index contributed by atoms with van der Waals surface area (Å²) in [6.07, 6.45) is 9.20. The van der Waals surface area contributed by atoms with Crippen molar-refractivity contribution in [2.24, 2.45) is 5.41 Å². The molecule has 7 rings (SSSR count). The quantitative estimate of drug-likeness (QED) is 0.589. The summed E-state index contributed by atoms with van der Waals surface area (Å²) < 4.78 is 6.64. The number of aryl methyl sites for hydroxylation is 1. The fraction of sp³-hybridized carbons (Fsp3) is 0.643. The van der Waals surface area contributed by atoms with E-state index in [1.165, 1.54) is 38.8 Å². The Kier molecular flexibility index (Phi) is 5.28. The van der Waals surface area contributed by atoms with E-state index in [0.717, 1.165) is 49.2 Å². The predicted octanol–water partition coefficient (Wildman–Crippen LogP) is 1.78. The van der Waals surface area contributed by atoms with Crippen LogP contribution in [0.25, 0.3) is 0 Å². The summed E-state index contributed by atoms with van der Waals surface area (Å²) in [4.78, 5) is 54.0. The minimum atomic E-state index is -0.950. The molecule has 1 atom stereocenters. The van der Waals surface area contributed by atoms with Gasteiger partial charge in [-0.1, -0.05) is 0 Å². The minimum Gasteiger partial charge on any atom is -0.487 e. The lowest BCUT2D eigenvalue weighted by Crippen LogP contribution is -2.58. The van der Waals surface area contributed by atoms with Crippen molar-refractivity contribution >= 4 is 23.6 Å². The molecule has 1 aliphatic carbocycles. The number of rotatable bonds is 2. The van der Waals surface area contributed by atoms with Crippen LogP contribution in [-0.2, 0) is 16.0 Å². The number of amides is 4. The van der Waals surface area contributed by atoms with Gasteiger partial charge in [0.05, 0.1) is 11.1 Å². The molecule has 5 aliphatic heterocycles. The smallest absolute Gasteiger partial charge is 0.262 e. The van der Waals surface area contributed by atoms with E-state index in [4.69, 9.17) is 4.74 Å². The third-order valence-electron chi connectivity index (χ3n) is 10.0. The highest BCUT2D eigenvalue weighted by atomic mass is 16.5. The largest absolute Gasteiger partial charge is 0.487 e. The second-order valence-corrected chi connectivity index (χ2v) is 12.1. The Morgan fingerprint density at radius 1 is 0.838 bits per heavy atom. The van der Waals surface area contributed by atoms with Crippen LogP contribution >= 0.6 is 0 Å². The highest BCUT2D eigenvalue weighted by molar-refractivity contribution is 6.23. The summed E-state index contributed by atoms with van der Waals surface area (Å²) in [5.41, 5.74) is 1.94. The van der Waals surface area contributed by atoms with Crippen LogP contribution in [0.5, 0.6) is 5.75 Å². The summed E-state index contributed by atoms with van der Waals surface area (Å²) in [6, 6.07) is 3.24. The molecule has 4 fully saturated rings. The fourth-order valence-electron chi connectivity index (χ4n) is 7.54. The first-order chi connectivity index (χ1) is 17.9. The van der Waals surface area contributed by atoms with Crippen LogP contribution in [0.15, 0.2) is 12.1 Å². The van der Waals surface area contributed by atoms with Gasteiger partial charge in [-0.2, -0.15) is 0 Å². The number of piperidine rings is 2. The lowest BCUT2D eigenvalue weighted by atomic mass is 9.68. The first-order valence-electron chi connectivity index (χ1n) is 13.9. The van der Waals surface area contributed by atoms with E-state index in [1.54, 1.807) is 12.1 Å². The summed E-state index contributed by atoms with van der Waals surface area (Å²) in [7, 11) is 0. The second-order valence-electron chi connectivity index (χ2n) is 12.1. The Morgan fingerprint density at radius 2 is 1.54 bits per heavy atom. The van der Waals surface area contributed by atoms with Crippen LogP contribution in [-0.4, -0.2) is 77.3 Å². The molecule has 0 bridgehead atoms. The summed E-state index contributed by atoms with van der Waals surface area (Å²) in [5, 5.41) is 5.70. The van der Waals surface area contributed by atoms with E-state index in [9.17, 15) is 19.2 Å². The summed E-state index contributed by atoms with van der Waals surface area (Å²) >= 11 is 0. The molecule has 3 saturated heterocycles. The van der Waals surface area contributed by atoms with E-state index in [1.807, 2.05) is 0 Å². The van der Waals surface area contributed by atoms with Gasteiger partial charge < -0.3 is 15.0 Å². The van der Waals surface area contributed by atoms with Gasteiger partial charge in [0.1, 0.15) is 17.4 Å². The number of carbonyl (C=O) groups is 4. The number of carbonyl (C=O) groups excluding carboxylic acids is 4. The maximum Gasteiger partial charge on any atom is 0.262 e. The van der Waals surface area contributed by atoms with E-state index < -0.39 is 23.8 Å². The molecule has 4 amide bonds. The molecule has 6 aliphatic rings. The predicted molar refractivity (Wildman–Crippen MR) is 133 cm³/mol. The van der Waals surface area contributed by atoms with Gasteiger partial charge in [0.25, 0.3) is 11.8 Å². The van der Waals surface area contributed by atoms with Gasteiger partial charge in [0.2, 0.25) is 11.8 Å². The second kappa shape index (κ2) is 8.36. The van der Waals surface area contributed by atoms with Gasteiger partial charge >= 0.3 is 0 Å². The Balaban J connectivity index is 1.04. The van der Waals surface area contributed by atoms with Gasteiger partial charge in [-0.15, -0.1) is 0 Å². The molecule has 5 heterocycles. The first kappa shape index (κ1) is 23.3. The fourth-order valence-corrected chi connectivity index (χ4v) is 7.54. The van der Waals surface area contributed by atoms with E-state index in [-0.39, 0.29) is 24.3 Å². The van der Waals surface area contributed by atoms with Crippen LogP contribution in [0, 0.1) is 5.41 Å². The zero-order valence-corrected chi connectivity index (χ0v) is 21.1. The number of ether oxygens (including phenoxy) is 1. The van der Waals surface area contributed by atoms with Crippen molar-refractivity contribution in [1.29, 1.82) is 0 Å². The van der Waals surface area contributed by atoms with Gasteiger partial charge in [-0.05, 0) is 80.9 Å². The number of fused-ring (bicyclic) bond motifs is 2. The Hall–Kier alpha value is -2.78. The number of benzene rings is 1. The van der Waals surface area contributed by atoms with Crippen LogP contribution in [0.4, 0.5) is 0 Å². The summed E-state index contributed by atoms with van der Waals surface area (Å²) in [5.74, 6) is -1.21. The Labute approximate surface area is 216 Å². The number of hydrogen-bond donors (Lipinski definition) is 2. The number of nitrogens with zero attached hydrogens (tertiary/aromatic N) is 2. The third kappa shape index (κ3) is 3.73. The van der Waals surface area contributed by atoms with Crippen molar-refractivity contribution in [3.05, 3.63) is 28.8 Å². The maximum atomic E-state index is 13.3. The van der Waals surface area contributed by atoms with Crippen LogP contribution in [0.3, 0.4) is 0 Å². The molecular formula is C28H34N4O5. The van der Waals surface area contributed by atoms with Gasteiger partial charge in [-0.25, -0.2) is 0 Å². The van der Waals surface area contributed by atoms with Crippen molar-refractivity contribution in [1.82, 2.24) is 20.4 Å². The molecule has 0 radical (unpaired) electrons. The van der Waals surface area contributed by atoms with Crippen molar-refractivity contribution < 1.29 is 23.9 Å². The van der Waals surface area contributed by atoms with Crippen molar-refractivity contribution in [2.75, 3.05) is 26.2 Å². The molecule has 2 spiro atoms.